The highest BCUT2D eigenvalue weighted by Gasteiger charge is 2.26. The van der Waals surface area contributed by atoms with Gasteiger partial charge in [0.25, 0.3) is 0 Å². The van der Waals surface area contributed by atoms with E-state index in [-0.39, 0.29) is 17.9 Å². The molecule has 2 heterocycles. The van der Waals surface area contributed by atoms with Crippen molar-refractivity contribution in [3.05, 3.63) is 30.1 Å². The van der Waals surface area contributed by atoms with E-state index in [9.17, 15) is 9.59 Å². The first-order chi connectivity index (χ1) is 11.1. The Labute approximate surface area is 134 Å². The summed E-state index contributed by atoms with van der Waals surface area (Å²) in [6, 6.07) is 7.67. The number of nitrogens with two attached hydrogens (primary N) is 1. The van der Waals surface area contributed by atoms with Gasteiger partial charge in [0.05, 0.1) is 23.5 Å². The summed E-state index contributed by atoms with van der Waals surface area (Å²) in [4.78, 5) is 29.8. The molecule has 2 aromatic rings. The van der Waals surface area contributed by atoms with Crippen LogP contribution in [0.3, 0.4) is 0 Å². The van der Waals surface area contributed by atoms with E-state index in [1.54, 1.807) is 4.90 Å². The molecule has 3 rings (SSSR count). The van der Waals surface area contributed by atoms with Crippen LogP contribution in [0.2, 0.25) is 0 Å². The van der Waals surface area contributed by atoms with Crippen LogP contribution >= 0.6 is 0 Å². The minimum atomic E-state index is -0.335. The van der Waals surface area contributed by atoms with E-state index < -0.39 is 0 Å². The Hall–Kier alpha value is -2.57. The van der Waals surface area contributed by atoms with Crippen molar-refractivity contribution in [2.75, 3.05) is 13.1 Å². The van der Waals surface area contributed by atoms with E-state index in [0.29, 0.717) is 19.6 Å². The Morgan fingerprint density at radius 3 is 2.91 bits per heavy atom. The van der Waals surface area contributed by atoms with Crippen molar-refractivity contribution >= 4 is 23.0 Å². The molecular formula is C16H21N5O2. The number of aromatic nitrogens is 2. The van der Waals surface area contributed by atoms with Crippen LogP contribution in [-0.4, -0.2) is 39.5 Å². The highest BCUT2D eigenvalue weighted by molar-refractivity contribution is 5.79. The van der Waals surface area contributed by atoms with E-state index in [2.05, 4.69) is 10.3 Å². The third-order valence-corrected chi connectivity index (χ3v) is 4.39. The van der Waals surface area contributed by atoms with Gasteiger partial charge in [-0.2, -0.15) is 0 Å². The lowest BCUT2D eigenvalue weighted by Gasteiger charge is -2.31. The van der Waals surface area contributed by atoms with Gasteiger partial charge in [0.1, 0.15) is 5.82 Å². The molecule has 1 aliphatic heterocycles. The van der Waals surface area contributed by atoms with Crippen LogP contribution < -0.4 is 11.1 Å². The van der Waals surface area contributed by atoms with Gasteiger partial charge in [-0.1, -0.05) is 12.1 Å². The largest absolute Gasteiger partial charge is 0.369 e. The lowest BCUT2D eigenvalue weighted by atomic mass is 9.98. The molecule has 1 fully saturated rings. The topological polar surface area (TPSA) is 93.3 Å². The van der Waals surface area contributed by atoms with E-state index in [0.717, 1.165) is 29.7 Å². The Kier molecular flexibility index (Phi) is 4.18. The van der Waals surface area contributed by atoms with Crippen LogP contribution in [0.1, 0.15) is 18.7 Å². The van der Waals surface area contributed by atoms with Gasteiger partial charge in [0.15, 0.2) is 0 Å². The zero-order chi connectivity index (χ0) is 16.4. The number of piperidine rings is 1. The predicted molar refractivity (Wildman–Crippen MR) is 86.4 cm³/mol. The number of carbonyl (C=O) groups is 2. The summed E-state index contributed by atoms with van der Waals surface area (Å²) in [6.45, 7) is 1.39. The average Bonchev–Trinajstić information content (AvgIpc) is 2.89. The molecule has 7 nitrogen and oxygen atoms in total. The van der Waals surface area contributed by atoms with E-state index >= 15 is 0 Å². The molecule has 1 aromatic carbocycles. The first-order valence-electron chi connectivity index (χ1n) is 7.78. The minimum Gasteiger partial charge on any atom is -0.369 e. The van der Waals surface area contributed by atoms with Crippen molar-refractivity contribution in [2.45, 2.75) is 19.4 Å². The number of carbonyl (C=O) groups excluding carboxylic acids is 2. The standard InChI is InChI=1S/C16H21N5O2/c1-20-13-7-3-2-6-12(13)19-14(20)9-18-16(23)21-8-4-5-11(10-21)15(17)22/h2-3,6-7,11H,4-5,8-10H2,1H3,(H2,17,22)(H,18,23)/t11-/m0/s1. The molecule has 0 bridgehead atoms. The number of amides is 3. The van der Waals surface area contributed by atoms with Crippen LogP contribution in [0.5, 0.6) is 0 Å². The van der Waals surface area contributed by atoms with E-state index in [4.69, 9.17) is 5.73 Å². The van der Waals surface area contributed by atoms with Crippen LogP contribution in [0.15, 0.2) is 24.3 Å². The molecule has 1 aliphatic rings. The van der Waals surface area contributed by atoms with Gasteiger partial charge >= 0.3 is 6.03 Å². The summed E-state index contributed by atoms with van der Waals surface area (Å²) in [7, 11) is 1.93. The number of aryl methyl sites for hydroxylation is 1. The molecule has 0 unspecified atom stereocenters. The number of fused-ring (bicyclic) bond motifs is 1. The highest BCUT2D eigenvalue weighted by atomic mass is 16.2. The van der Waals surface area contributed by atoms with E-state index in [1.165, 1.54) is 0 Å². The number of para-hydroxylation sites is 2. The lowest BCUT2D eigenvalue weighted by molar-refractivity contribution is -0.123. The molecule has 0 saturated carbocycles. The summed E-state index contributed by atoms with van der Waals surface area (Å²) in [5, 5.41) is 2.88. The first kappa shape index (κ1) is 15.3. The second-order valence-corrected chi connectivity index (χ2v) is 5.92. The van der Waals surface area contributed by atoms with Gasteiger partial charge < -0.3 is 20.5 Å². The molecule has 122 valence electrons. The fourth-order valence-electron chi connectivity index (χ4n) is 3.01. The number of primary amides is 1. The van der Waals surface area contributed by atoms with Crippen LogP contribution in [0, 0.1) is 5.92 Å². The maximum absolute atomic E-state index is 12.3. The molecule has 1 atom stereocenters. The number of nitrogens with one attached hydrogen (secondary N) is 1. The van der Waals surface area contributed by atoms with Crippen LogP contribution in [0.25, 0.3) is 11.0 Å². The fourth-order valence-corrected chi connectivity index (χ4v) is 3.01. The number of hydrogen-bond acceptors (Lipinski definition) is 3. The zero-order valence-electron chi connectivity index (χ0n) is 13.2. The predicted octanol–water partition coefficient (Wildman–Crippen LogP) is 0.980. The normalized spacial score (nSPS) is 18.1. The minimum absolute atomic E-state index is 0.178. The van der Waals surface area contributed by atoms with Crippen molar-refractivity contribution in [1.82, 2.24) is 19.8 Å². The number of imidazole rings is 1. The molecule has 0 radical (unpaired) electrons. The SMILES string of the molecule is Cn1c(CNC(=O)N2CCC[C@H](C(N)=O)C2)nc2ccccc21. The van der Waals surface area contributed by atoms with Gasteiger partial charge in [0, 0.05) is 20.1 Å². The quantitative estimate of drug-likeness (QED) is 0.884. The molecule has 23 heavy (non-hydrogen) atoms. The highest BCUT2D eigenvalue weighted by Crippen LogP contribution is 2.17. The van der Waals surface area contributed by atoms with Crippen LogP contribution in [0.4, 0.5) is 4.79 Å². The Morgan fingerprint density at radius 1 is 1.39 bits per heavy atom. The summed E-state index contributed by atoms with van der Waals surface area (Å²) in [5.74, 6) is 0.214. The molecule has 0 spiro atoms. The van der Waals surface area contributed by atoms with Gasteiger partial charge in [-0.25, -0.2) is 9.78 Å². The molecule has 1 saturated heterocycles. The monoisotopic (exact) mass is 315 g/mol. The molecular weight excluding hydrogens is 294 g/mol. The Morgan fingerprint density at radius 2 is 2.17 bits per heavy atom. The smallest absolute Gasteiger partial charge is 0.317 e. The summed E-state index contributed by atoms with van der Waals surface area (Å²) in [5.41, 5.74) is 7.29. The summed E-state index contributed by atoms with van der Waals surface area (Å²) < 4.78 is 1.97. The molecule has 0 aliphatic carbocycles. The van der Waals surface area contributed by atoms with Crippen molar-refractivity contribution in [3.8, 4) is 0 Å². The molecule has 3 N–H and O–H groups in total. The maximum atomic E-state index is 12.3. The van der Waals surface area contributed by atoms with Gasteiger partial charge in [0.2, 0.25) is 5.91 Å². The average molecular weight is 315 g/mol. The second-order valence-electron chi connectivity index (χ2n) is 5.92. The third kappa shape index (κ3) is 3.13. The second kappa shape index (κ2) is 6.28. The number of nitrogens with zero attached hydrogens (tertiary/aromatic N) is 3. The number of benzene rings is 1. The van der Waals surface area contributed by atoms with Gasteiger partial charge in [-0.05, 0) is 25.0 Å². The maximum Gasteiger partial charge on any atom is 0.317 e. The molecule has 7 heteroatoms. The number of hydrogen-bond donors (Lipinski definition) is 2. The number of rotatable bonds is 3. The van der Waals surface area contributed by atoms with Crippen LogP contribution in [-0.2, 0) is 18.4 Å². The Bertz CT molecular complexity index is 739. The Balaban J connectivity index is 1.64. The number of likely N-dealkylation sites (tertiary alicyclic amines) is 1. The zero-order valence-corrected chi connectivity index (χ0v) is 13.2. The van der Waals surface area contributed by atoms with E-state index in [1.807, 2.05) is 35.9 Å². The summed E-state index contributed by atoms with van der Waals surface area (Å²) >= 11 is 0. The third-order valence-electron chi connectivity index (χ3n) is 4.39. The fraction of sp³-hybridized carbons (Fsp3) is 0.438. The molecule has 3 amide bonds. The first-order valence-corrected chi connectivity index (χ1v) is 7.78. The molecule has 1 aromatic heterocycles. The van der Waals surface area contributed by atoms with Crippen molar-refractivity contribution in [3.63, 3.8) is 0 Å². The van der Waals surface area contributed by atoms with Gasteiger partial charge in [-0.3, -0.25) is 4.79 Å². The lowest BCUT2D eigenvalue weighted by Crippen LogP contribution is -2.48. The van der Waals surface area contributed by atoms with Crippen molar-refractivity contribution < 1.29 is 9.59 Å². The summed E-state index contributed by atoms with van der Waals surface area (Å²) in [6.07, 6.45) is 1.55. The van der Waals surface area contributed by atoms with Crippen molar-refractivity contribution in [2.24, 2.45) is 18.7 Å². The van der Waals surface area contributed by atoms with Gasteiger partial charge in [-0.15, -0.1) is 0 Å². The number of urea groups is 1. The van der Waals surface area contributed by atoms with Crippen molar-refractivity contribution in [1.29, 1.82) is 0 Å².